The lowest BCUT2D eigenvalue weighted by Crippen LogP contribution is -2.50. The minimum Gasteiger partial charge on any atom is -0.348 e. The van der Waals surface area contributed by atoms with Gasteiger partial charge in [0, 0.05) is 23.5 Å². The van der Waals surface area contributed by atoms with Crippen molar-refractivity contribution in [1.29, 1.82) is 0 Å². The molecule has 1 N–H and O–H groups in total. The number of amides is 1. The van der Waals surface area contributed by atoms with Crippen LogP contribution in [-0.2, 0) is 5.33 Å². The van der Waals surface area contributed by atoms with Gasteiger partial charge in [0.05, 0.1) is 0 Å². The zero-order valence-corrected chi connectivity index (χ0v) is 13.8. The molecule has 1 aliphatic rings. The summed E-state index contributed by atoms with van der Waals surface area (Å²) in [6.45, 7) is 7.62. The van der Waals surface area contributed by atoms with Crippen LogP contribution in [0.5, 0.6) is 0 Å². The Morgan fingerprint density at radius 1 is 1.30 bits per heavy atom. The first-order chi connectivity index (χ1) is 9.60. The molecule has 1 fully saturated rings. The maximum Gasteiger partial charge on any atom is 0.251 e. The molecule has 0 spiro atoms. The van der Waals surface area contributed by atoms with E-state index < -0.39 is 0 Å². The van der Waals surface area contributed by atoms with Crippen LogP contribution in [0.2, 0.25) is 0 Å². The highest BCUT2D eigenvalue weighted by Crippen LogP contribution is 2.12. The molecule has 1 aromatic rings. The molecule has 20 heavy (non-hydrogen) atoms. The van der Waals surface area contributed by atoms with E-state index in [4.69, 9.17) is 0 Å². The molecular weight excluding hydrogens is 316 g/mol. The summed E-state index contributed by atoms with van der Waals surface area (Å²) in [5.74, 6) is 0.478. The van der Waals surface area contributed by atoms with Gasteiger partial charge in [-0.2, -0.15) is 0 Å². The third kappa shape index (κ3) is 4.06. The summed E-state index contributed by atoms with van der Waals surface area (Å²) in [5.41, 5.74) is 1.92. The van der Waals surface area contributed by atoms with Crippen LogP contribution in [0.15, 0.2) is 24.3 Å². The van der Waals surface area contributed by atoms with Gasteiger partial charge in [-0.25, -0.2) is 0 Å². The summed E-state index contributed by atoms with van der Waals surface area (Å²) in [4.78, 5) is 14.7. The molecule has 0 aliphatic carbocycles. The highest BCUT2D eigenvalue weighted by Gasteiger charge is 2.23. The van der Waals surface area contributed by atoms with E-state index in [1.165, 1.54) is 25.1 Å². The first-order valence-corrected chi connectivity index (χ1v) is 8.40. The number of rotatable bonds is 6. The molecule has 0 aromatic heterocycles. The number of hydrogen-bond acceptors (Lipinski definition) is 2. The van der Waals surface area contributed by atoms with Gasteiger partial charge in [0.25, 0.3) is 5.91 Å². The maximum atomic E-state index is 12.3. The molecular formula is C16H23BrN2O. The van der Waals surface area contributed by atoms with Crippen LogP contribution in [0.25, 0.3) is 0 Å². The third-order valence-corrected chi connectivity index (χ3v) is 4.54. The molecule has 1 unspecified atom stereocenters. The number of carbonyl (C=O) groups is 1. The minimum absolute atomic E-state index is 0.0327. The van der Waals surface area contributed by atoms with Crippen LogP contribution in [0.1, 0.15) is 36.2 Å². The van der Waals surface area contributed by atoms with Crippen molar-refractivity contribution in [2.24, 2.45) is 5.92 Å². The second-order valence-corrected chi connectivity index (χ2v) is 6.37. The predicted molar refractivity (Wildman–Crippen MR) is 86.2 cm³/mol. The van der Waals surface area contributed by atoms with Gasteiger partial charge < -0.3 is 10.2 Å². The van der Waals surface area contributed by atoms with E-state index in [1.54, 1.807) is 0 Å². The fourth-order valence-electron chi connectivity index (χ4n) is 2.26. The second-order valence-electron chi connectivity index (χ2n) is 5.81. The molecule has 0 radical (unpaired) electrons. The van der Waals surface area contributed by atoms with Crippen LogP contribution >= 0.6 is 15.9 Å². The summed E-state index contributed by atoms with van der Waals surface area (Å²) < 4.78 is 0. The molecule has 3 nitrogen and oxygen atoms in total. The Labute approximate surface area is 129 Å². The predicted octanol–water partition coefficient (Wildman–Crippen LogP) is 3.04. The lowest BCUT2D eigenvalue weighted by molar-refractivity contribution is 0.0883. The number of likely N-dealkylation sites (tertiary alicyclic amines) is 1. The summed E-state index contributed by atoms with van der Waals surface area (Å²) >= 11 is 3.41. The summed E-state index contributed by atoms with van der Waals surface area (Å²) in [6, 6.07) is 7.99. The van der Waals surface area contributed by atoms with Crippen molar-refractivity contribution in [3.8, 4) is 0 Å². The van der Waals surface area contributed by atoms with Crippen molar-refractivity contribution in [3.63, 3.8) is 0 Å². The molecule has 4 heteroatoms. The minimum atomic E-state index is 0.0327. The standard InChI is InChI=1S/C16H23BrN2O/c1-12(2)15(11-19-8-3-9-19)18-16(20)14-6-4-13(10-17)5-7-14/h4-7,12,15H,3,8-11H2,1-2H3,(H,18,20). The average Bonchev–Trinajstić information content (AvgIpc) is 2.40. The zero-order valence-electron chi connectivity index (χ0n) is 12.2. The number of halogens is 1. The smallest absolute Gasteiger partial charge is 0.251 e. The largest absolute Gasteiger partial charge is 0.348 e. The summed E-state index contributed by atoms with van der Waals surface area (Å²) in [5, 5.41) is 3.99. The quantitative estimate of drug-likeness (QED) is 0.808. The van der Waals surface area contributed by atoms with E-state index >= 15 is 0 Å². The Morgan fingerprint density at radius 3 is 2.40 bits per heavy atom. The van der Waals surface area contributed by atoms with Crippen LogP contribution < -0.4 is 5.32 Å². The zero-order chi connectivity index (χ0) is 14.5. The third-order valence-electron chi connectivity index (χ3n) is 3.90. The molecule has 110 valence electrons. The van der Waals surface area contributed by atoms with Crippen molar-refractivity contribution in [2.45, 2.75) is 31.6 Å². The Bertz CT molecular complexity index is 440. The van der Waals surface area contributed by atoms with Gasteiger partial charge >= 0.3 is 0 Å². The molecule has 1 heterocycles. The summed E-state index contributed by atoms with van der Waals surface area (Å²) in [6.07, 6.45) is 1.28. The number of carbonyl (C=O) groups excluding carboxylic acids is 1. The normalized spacial score (nSPS) is 16.8. The topological polar surface area (TPSA) is 32.3 Å². The molecule has 0 saturated carbocycles. The van der Waals surface area contributed by atoms with E-state index in [0.717, 1.165) is 17.4 Å². The number of alkyl halides is 1. The van der Waals surface area contributed by atoms with Crippen molar-refractivity contribution >= 4 is 21.8 Å². The second kappa shape index (κ2) is 7.23. The Hall–Kier alpha value is -0.870. The van der Waals surface area contributed by atoms with E-state index in [2.05, 4.69) is 40.0 Å². The number of hydrogen-bond donors (Lipinski definition) is 1. The lowest BCUT2D eigenvalue weighted by Gasteiger charge is -2.35. The molecule has 0 bridgehead atoms. The lowest BCUT2D eigenvalue weighted by atomic mass is 10.0. The van der Waals surface area contributed by atoms with E-state index in [9.17, 15) is 4.79 Å². The molecule has 2 rings (SSSR count). The number of nitrogens with one attached hydrogen (secondary N) is 1. The van der Waals surface area contributed by atoms with Gasteiger partial charge in [0.2, 0.25) is 0 Å². The summed E-state index contributed by atoms with van der Waals surface area (Å²) in [7, 11) is 0. The molecule has 1 amide bonds. The highest BCUT2D eigenvalue weighted by atomic mass is 79.9. The van der Waals surface area contributed by atoms with Gasteiger partial charge in [-0.15, -0.1) is 0 Å². The number of benzene rings is 1. The van der Waals surface area contributed by atoms with Gasteiger partial charge in [0.15, 0.2) is 0 Å². The van der Waals surface area contributed by atoms with E-state index in [-0.39, 0.29) is 11.9 Å². The number of nitrogens with zero attached hydrogens (tertiary/aromatic N) is 1. The first kappa shape index (κ1) is 15.5. The average molecular weight is 339 g/mol. The van der Waals surface area contributed by atoms with Crippen molar-refractivity contribution in [3.05, 3.63) is 35.4 Å². The van der Waals surface area contributed by atoms with Crippen LogP contribution in [-0.4, -0.2) is 36.5 Å². The molecule has 1 saturated heterocycles. The molecule has 1 aromatic carbocycles. The van der Waals surface area contributed by atoms with Crippen LogP contribution in [0, 0.1) is 5.92 Å². The van der Waals surface area contributed by atoms with Crippen molar-refractivity contribution < 1.29 is 4.79 Å². The highest BCUT2D eigenvalue weighted by molar-refractivity contribution is 9.08. The van der Waals surface area contributed by atoms with Crippen LogP contribution in [0.4, 0.5) is 0 Å². The monoisotopic (exact) mass is 338 g/mol. The maximum absolute atomic E-state index is 12.3. The Balaban J connectivity index is 1.95. The van der Waals surface area contributed by atoms with Gasteiger partial charge in [-0.1, -0.05) is 41.9 Å². The van der Waals surface area contributed by atoms with E-state index in [0.29, 0.717) is 5.92 Å². The van der Waals surface area contributed by atoms with Gasteiger partial charge in [-0.05, 0) is 43.1 Å². The van der Waals surface area contributed by atoms with Crippen molar-refractivity contribution in [1.82, 2.24) is 10.2 Å². The van der Waals surface area contributed by atoms with Gasteiger partial charge in [0.1, 0.15) is 0 Å². The fourth-order valence-corrected chi connectivity index (χ4v) is 2.64. The first-order valence-electron chi connectivity index (χ1n) is 7.28. The SMILES string of the molecule is CC(C)C(CN1CCC1)NC(=O)c1ccc(CBr)cc1. The molecule has 1 atom stereocenters. The fraction of sp³-hybridized carbons (Fsp3) is 0.562. The van der Waals surface area contributed by atoms with Gasteiger partial charge in [-0.3, -0.25) is 4.79 Å². The van der Waals surface area contributed by atoms with E-state index in [1.807, 2.05) is 24.3 Å². The van der Waals surface area contributed by atoms with Crippen molar-refractivity contribution in [2.75, 3.05) is 19.6 Å². The molecule has 1 aliphatic heterocycles. The Morgan fingerprint density at radius 2 is 1.95 bits per heavy atom. The Kier molecular flexibility index (Phi) is 5.61. The van der Waals surface area contributed by atoms with Crippen LogP contribution in [0.3, 0.4) is 0 Å².